The van der Waals surface area contributed by atoms with Gasteiger partial charge in [-0.15, -0.1) is 0 Å². The molecule has 0 saturated heterocycles. The highest BCUT2D eigenvalue weighted by Crippen LogP contribution is 2.20. The first kappa shape index (κ1) is 15.2. The van der Waals surface area contributed by atoms with Crippen LogP contribution in [0, 0.1) is 0 Å². The van der Waals surface area contributed by atoms with Crippen molar-refractivity contribution in [3.05, 3.63) is 36.4 Å². The zero-order chi connectivity index (χ0) is 15.1. The van der Waals surface area contributed by atoms with Crippen molar-refractivity contribution >= 4 is 11.6 Å². The maximum absolute atomic E-state index is 9.16. The molecular formula is C15H20N4O2. The summed E-state index contributed by atoms with van der Waals surface area (Å²) in [4.78, 5) is 8.90. The number of aliphatic hydroxyl groups is 2. The molecule has 6 nitrogen and oxygen atoms in total. The third-order valence-corrected chi connectivity index (χ3v) is 2.91. The van der Waals surface area contributed by atoms with Crippen molar-refractivity contribution in [3.63, 3.8) is 0 Å². The van der Waals surface area contributed by atoms with Crippen LogP contribution in [-0.2, 0) is 0 Å². The van der Waals surface area contributed by atoms with Crippen molar-refractivity contribution in [2.45, 2.75) is 13.0 Å². The number of rotatable bonds is 7. The third kappa shape index (κ3) is 4.14. The van der Waals surface area contributed by atoms with Crippen molar-refractivity contribution in [2.75, 3.05) is 30.4 Å². The summed E-state index contributed by atoms with van der Waals surface area (Å²) in [6, 6.07) is 11.0. The van der Waals surface area contributed by atoms with E-state index in [1.807, 2.05) is 37.3 Å². The first-order valence-electron chi connectivity index (χ1n) is 6.93. The van der Waals surface area contributed by atoms with E-state index in [4.69, 9.17) is 10.2 Å². The Balaban J connectivity index is 2.34. The number of aromatic nitrogens is 2. The van der Waals surface area contributed by atoms with Gasteiger partial charge in [0, 0.05) is 18.2 Å². The van der Waals surface area contributed by atoms with Gasteiger partial charge >= 0.3 is 0 Å². The molecule has 0 atom stereocenters. The van der Waals surface area contributed by atoms with Crippen LogP contribution in [0.1, 0.15) is 6.92 Å². The summed E-state index contributed by atoms with van der Waals surface area (Å²) in [6.45, 7) is 2.39. The fourth-order valence-corrected chi connectivity index (χ4v) is 1.87. The van der Waals surface area contributed by atoms with E-state index < -0.39 is 6.04 Å². The van der Waals surface area contributed by atoms with E-state index in [1.165, 1.54) is 0 Å². The van der Waals surface area contributed by atoms with E-state index in [0.717, 1.165) is 12.1 Å². The van der Waals surface area contributed by atoms with Crippen molar-refractivity contribution in [2.24, 2.45) is 0 Å². The molecule has 112 valence electrons. The molecule has 0 unspecified atom stereocenters. The van der Waals surface area contributed by atoms with Gasteiger partial charge in [-0.25, -0.2) is 9.97 Å². The molecule has 0 aliphatic rings. The molecule has 2 aromatic rings. The van der Waals surface area contributed by atoms with Gasteiger partial charge in [-0.05, 0) is 6.92 Å². The second-order valence-corrected chi connectivity index (χ2v) is 4.56. The molecule has 0 amide bonds. The minimum Gasteiger partial charge on any atom is -0.394 e. The minimum absolute atomic E-state index is 0.169. The molecule has 1 aromatic heterocycles. The van der Waals surface area contributed by atoms with Crippen LogP contribution in [0.2, 0.25) is 0 Å². The number of benzene rings is 1. The van der Waals surface area contributed by atoms with Gasteiger partial charge in [-0.1, -0.05) is 30.3 Å². The molecule has 1 heterocycles. The summed E-state index contributed by atoms with van der Waals surface area (Å²) in [5.74, 6) is 1.85. The first-order valence-corrected chi connectivity index (χ1v) is 6.93. The zero-order valence-electron chi connectivity index (χ0n) is 12.0. The van der Waals surface area contributed by atoms with E-state index in [2.05, 4.69) is 20.6 Å². The maximum Gasteiger partial charge on any atom is 0.163 e. The Bertz CT molecular complexity index is 559. The lowest BCUT2D eigenvalue weighted by Gasteiger charge is -2.16. The van der Waals surface area contributed by atoms with Gasteiger partial charge in [0.25, 0.3) is 0 Å². The van der Waals surface area contributed by atoms with Crippen LogP contribution in [0.15, 0.2) is 36.4 Å². The standard InChI is InChI=1S/C15H20N4O2/c1-2-16-13-8-14(17-12(9-20)10-21)19-15(18-13)11-6-4-3-5-7-11/h3-8,12,20-21H,2,9-10H2,1H3,(H2,16,17,18,19). The lowest BCUT2D eigenvalue weighted by Crippen LogP contribution is -2.28. The first-order chi connectivity index (χ1) is 10.3. The molecule has 1 aromatic carbocycles. The van der Waals surface area contributed by atoms with Crippen LogP contribution in [0.3, 0.4) is 0 Å². The number of hydrogen-bond acceptors (Lipinski definition) is 6. The zero-order valence-corrected chi connectivity index (χ0v) is 12.0. The predicted octanol–water partition coefficient (Wildman–Crippen LogP) is 1.34. The topological polar surface area (TPSA) is 90.3 Å². The quantitative estimate of drug-likeness (QED) is 0.615. The molecule has 0 spiro atoms. The van der Waals surface area contributed by atoms with Crippen molar-refractivity contribution in [1.29, 1.82) is 0 Å². The van der Waals surface area contributed by atoms with Gasteiger partial charge in [0.15, 0.2) is 5.82 Å². The summed E-state index contributed by atoms with van der Waals surface area (Å²) < 4.78 is 0. The number of nitrogens with one attached hydrogen (secondary N) is 2. The molecule has 0 aliphatic heterocycles. The highest BCUT2D eigenvalue weighted by molar-refractivity contribution is 5.61. The lowest BCUT2D eigenvalue weighted by atomic mass is 10.2. The molecule has 2 rings (SSSR count). The molecule has 0 bridgehead atoms. The van der Waals surface area contributed by atoms with Crippen LogP contribution in [-0.4, -0.2) is 46.0 Å². The largest absolute Gasteiger partial charge is 0.394 e. The smallest absolute Gasteiger partial charge is 0.163 e. The van der Waals surface area contributed by atoms with Gasteiger partial charge in [0.1, 0.15) is 11.6 Å². The molecule has 6 heteroatoms. The van der Waals surface area contributed by atoms with Crippen LogP contribution in [0.5, 0.6) is 0 Å². The van der Waals surface area contributed by atoms with Crippen molar-refractivity contribution in [3.8, 4) is 11.4 Å². The Morgan fingerprint density at radius 2 is 1.71 bits per heavy atom. The van der Waals surface area contributed by atoms with E-state index in [-0.39, 0.29) is 13.2 Å². The highest BCUT2D eigenvalue weighted by atomic mass is 16.3. The van der Waals surface area contributed by atoms with E-state index in [0.29, 0.717) is 17.5 Å². The predicted molar refractivity (Wildman–Crippen MR) is 83.2 cm³/mol. The van der Waals surface area contributed by atoms with Crippen LogP contribution in [0.25, 0.3) is 11.4 Å². The van der Waals surface area contributed by atoms with E-state index in [1.54, 1.807) is 6.07 Å². The van der Waals surface area contributed by atoms with Crippen molar-refractivity contribution in [1.82, 2.24) is 9.97 Å². The van der Waals surface area contributed by atoms with Crippen LogP contribution >= 0.6 is 0 Å². The van der Waals surface area contributed by atoms with Crippen LogP contribution < -0.4 is 10.6 Å². The normalized spacial score (nSPS) is 10.7. The summed E-state index contributed by atoms with van der Waals surface area (Å²) in [7, 11) is 0. The Morgan fingerprint density at radius 1 is 1.05 bits per heavy atom. The number of anilines is 2. The SMILES string of the molecule is CCNc1cc(NC(CO)CO)nc(-c2ccccc2)n1. The molecular weight excluding hydrogens is 268 g/mol. The van der Waals surface area contributed by atoms with Gasteiger partial charge < -0.3 is 20.8 Å². The second-order valence-electron chi connectivity index (χ2n) is 4.56. The fraction of sp³-hybridized carbons (Fsp3) is 0.333. The Hall–Kier alpha value is -2.18. The maximum atomic E-state index is 9.16. The van der Waals surface area contributed by atoms with Gasteiger partial charge in [0.2, 0.25) is 0 Å². The summed E-state index contributed by atoms with van der Waals surface area (Å²) >= 11 is 0. The highest BCUT2D eigenvalue weighted by Gasteiger charge is 2.10. The average molecular weight is 288 g/mol. The van der Waals surface area contributed by atoms with Gasteiger partial charge in [0.05, 0.1) is 19.3 Å². The number of aliphatic hydroxyl groups excluding tert-OH is 2. The Kier molecular flexibility index (Phi) is 5.48. The van der Waals surface area contributed by atoms with E-state index in [9.17, 15) is 0 Å². The molecule has 0 fully saturated rings. The van der Waals surface area contributed by atoms with E-state index >= 15 is 0 Å². The summed E-state index contributed by atoms with van der Waals surface area (Å²) in [5, 5.41) is 24.5. The third-order valence-electron chi connectivity index (χ3n) is 2.91. The molecule has 4 N–H and O–H groups in total. The molecule has 0 saturated carbocycles. The minimum atomic E-state index is -0.446. The number of hydrogen-bond donors (Lipinski definition) is 4. The number of nitrogens with zero attached hydrogens (tertiary/aromatic N) is 2. The molecule has 21 heavy (non-hydrogen) atoms. The van der Waals surface area contributed by atoms with Gasteiger partial charge in [-0.2, -0.15) is 0 Å². The van der Waals surface area contributed by atoms with Crippen LogP contribution in [0.4, 0.5) is 11.6 Å². The Labute approximate surface area is 123 Å². The van der Waals surface area contributed by atoms with Gasteiger partial charge in [-0.3, -0.25) is 0 Å². The molecule has 0 radical (unpaired) electrons. The lowest BCUT2D eigenvalue weighted by molar-refractivity contribution is 0.203. The average Bonchev–Trinajstić information content (AvgIpc) is 2.53. The summed E-state index contributed by atoms with van der Waals surface area (Å²) in [5.41, 5.74) is 0.907. The monoisotopic (exact) mass is 288 g/mol. The second kappa shape index (κ2) is 7.56. The van der Waals surface area contributed by atoms with Crippen molar-refractivity contribution < 1.29 is 10.2 Å². The fourth-order valence-electron chi connectivity index (χ4n) is 1.87. The summed E-state index contributed by atoms with van der Waals surface area (Å²) in [6.07, 6.45) is 0. The Morgan fingerprint density at radius 3 is 2.33 bits per heavy atom. The molecule has 0 aliphatic carbocycles.